The zero-order valence-corrected chi connectivity index (χ0v) is 34.3. The summed E-state index contributed by atoms with van der Waals surface area (Å²) in [6, 6.07) is 51.9. The number of hydrogen-bond acceptors (Lipinski definition) is 5. The zero-order chi connectivity index (χ0) is 39.5. The zero-order valence-electron chi connectivity index (χ0n) is 33.5. The first-order valence-electron chi connectivity index (χ1n) is 20.0. The lowest BCUT2D eigenvalue weighted by Crippen LogP contribution is -2.53. The van der Waals surface area contributed by atoms with Gasteiger partial charge in [-0.3, -0.25) is 4.79 Å². The summed E-state index contributed by atoms with van der Waals surface area (Å²) in [6.07, 6.45) is 1.25. The summed E-state index contributed by atoms with van der Waals surface area (Å²) in [5.74, 6) is 0.135. The number of rotatable bonds is 15. The Balaban J connectivity index is 1.31. The van der Waals surface area contributed by atoms with E-state index in [4.69, 9.17) is 4.74 Å². The summed E-state index contributed by atoms with van der Waals surface area (Å²) in [5, 5.41) is 3.81. The molecule has 1 N–H and O–H groups in total. The van der Waals surface area contributed by atoms with E-state index < -0.39 is 16.4 Å². The summed E-state index contributed by atoms with van der Waals surface area (Å²) in [4.78, 5) is 32.7. The third kappa shape index (κ3) is 10.1. The molecule has 0 aromatic heterocycles. The molecule has 6 rings (SSSR count). The van der Waals surface area contributed by atoms with Crippen LogP contribution < -0.4 is 5.32 Å². The van der Waals surface area contributed by atoms with Gasteiger partial charge in [0.1, 0.15) is 5.60 Å². The number of nitrogens with one attached hydrogen (secondary N) is 1. The average Bonchev–Trinajstić information content (AvgIpc) is 3.63. The van der Waals surface area contributed by atoms with Gasteiger partial charge in [-0.15, -0.1) is 11.8 Å². The van der Waals surface area contributed by atoms with Crippen LogP contribution in [0.1, 0.15) is 75.3 Å². The summed E-state index contributed by atoms with van der Waals surface area (Å²) in [5.41, 5.74) is 5.09. The van der Waals surface area contributed by atoms with E-state index in [1.165, 1.54) is 16.7 Å². The molecule has 4 atom stereocenters. The minimum absolute atomic E-state index is 0.0658. The molecule has 6 nitrogen and oxygen atoms in total. The van der Waals surface area contributed by atoms with Gasteiger partial charge in [0, 0.05) is 37.5 Å². The number of ether oxygens (including phenoxy) is 1. The SMILES string of the molecule is CCC(C)[C@H](NCC1CC(SC(c2ccccc2)(c2ccccc2)c2ccccc2)CN1C(=O)OC(C)(C)C)C(=O)N(Cc1ccccc1)Cc1ccccc1. The van der Waals surface area contributed by atoms with Gasteiger partial charge in [0.15, 0.2) is 0 Å². The number of thioether (sulfide) groups is 1. The molecule has 0 aliphatic carbocycles. The highest BCUT2D eigenvalue weighted by atomic mass is 32.2. The maximum absolute atomic E-state index is 14.7. The molecule has 5 aromatic rings. The highest BCUT2D eigenvalue weighted by Gasteiger charge is 2.45. The van der Waals surface area contributed by atoms with Gasteiger partial charge in [0.05, 0.1) is 10.8 Å². The van der Waals surface area contributed by atoms with E-state index in [1.807, 2.05) is 78.7 Å². The van der Waals surface area contributed by atoms with Crippen molar-refractivity contribution in [3.8, 4) is 0 Å². The molecule has 5 aromatic carbocycles. The van der Waals surface area contributed by atoms with Crippen molar-refractivity contribution in [1.29, 1.82) is 0 Å². The van der Waals surface area contributed by atoms with Crippen molar-refractivity contribution in [1.82, 2.24) is 15.1 Å². The number of hydrogen-bond donors (Lipinski definition) is 1. The van der Waals surface area contributed by atoms with E-state index in [9.17, 15) is 9.59 Å². The van der Waals surface area contributed by atoms with Crippen molar-refractivity contribution in [3.63, 3.8) is 0 Å². The van der Waals surface area contributed by atoms with Crippen LogP contribution in [0, 0.1) is 5.92 Å². The first-order chi connectivity index (χ1) is 27.1. The van der Waals surface area contributed by atoms with Gasteiger partial charge in [-0.25, -0.2) is 4.79 Å². The normalized spacial score (nSPS) is 16.9. The lowest BCUT2D eigenvalue weighted by atomic mass is 9.84. The summed E-state index contributed by atoms with van der Waals surface area (Å²) >= 11 is 1.91. The molecule has 1 aliphatic rings. The van der Waals surface area contributed by atoms with Crippen LogP contribution in [0.2, 0.25) is 0 Å². The van der Waals surface area contributed by atoms with Crippen molar-refractivity contribution in [2.24, 2.45) is 5.92 Å². The molecule has 1 heterocycles. The smallest absolute Gasteiger partial charge is 0.410 e. The van der Waals surface area contributed by atoms with E-state index in [-0.39, 0.29) is 29.2 Å². The Morgan fingerprint density at radius 3 is 1.57 bits per heavy atom. The fourth-order valence-electron chi connectivity index (χ4n) is 7.72. The van der Waals surface area contributed by atoms with Crippen LogP contribution in [0.15, 0.2) is 152 Å². The molecular formula is C49H57N3O3S. The fraction of sp³-hybridized carbons (Fsp3) is 0.347. The van der Waals surface area contributed by atoms with Crippen LogP contribution >= 0.6 is 11.8 Å². The van der Waals surface area contributed by atoms with Crippen molar-refractivity contribution in [2.45, 2.75) is 88.2 Å². The minimum Gasteiger partial charge on any atom is -0.444 e. The second-order valence-electron chi connectivity index (χ2n) is 16.0. The molecule has 0 saturated carbocycles. The van der Waals surface area contributed by atoms with Crippen LogP contribution in [-0.2, 0) is 27.4 Å². The van der Waals surface area contributed by atoms with Crippen molar-refractivity contribution in [2.75, 3.05) is 13.1 Å². The topological polar surface area (TPSA) is 61.9 Å². The molecule has 2 amide bonds. The highest BCUT2D eigenvalue weighted by Crippen LogP contribution is 2.52. The molecule has 1 saturated heterocycles. The van der Waals surface area contributed by atoms with Gasteiger partial charge < -0.3 is 19.9 Å². The minimum atomic E-state index is -0.646. The molecule has 7 heteroatoms. The highest BCUT2D eigenvalue weighted by molar-refractivity contribution is 8.01. The standard InChI is InChI=1S/C49H57N3O3S/c1-6-37(2)45(46(53)51(34-38-22-12-7-13-23-38)35-39-24-14-8-15-25-39)50-33-43-32-44(36-52(43)47(54)55-48(3,4)5)56-49(40-26-16-9-17-27-40,41-28-18-10-19-29-41)42-30-20-11-21-31-42/h7-31,37,43-45,50H,6,32-36H2,1-5H3/t37?,43?,44?,45-/m0/s1. The van der Waals surface area contributed by atoms with Gasteiger partial charge >= 0.3 is 6.09 Å². The Kier molecular flexibility index (Phi) is 13.7. The Bertz CT molecular complexity index is 1820. The van der Waals surface area contributed by atoms with Crippen LogP contribution in [0.5, 0.6) is 0 Å². The van der Waals surface area contributed by atoms with Gasteiger partial charge in [0.2, 0.25) is 5.91 Å². The molecule has 3 unspecified atom stereocenters. The molecule has 1 fully saturated rings. The van der Waals surface area contributed by atoms with Gasteiger partial charge in [-0.1, -0.05) is 172 Å². The largest absolute Gasteiger partial charge is 0.444 e. The second kappa shape index (κ2) is 18.9. The van der Waals surface area contributed by atoms with E-state index in [0.717, 1.165) is 24.0 Å². The van der Waals surface area contributed by atoms with Crippen LogP contribution in [0.25, 0.3) is 0 Å². The van der Waals surface area contributed by atoms with E-state index in [0.29, 0.717) is 26.2 Å². The molecular weight excluding hydrogens is 711 g/mol. The van der Waals surface area contributed by atoms with Crippen molar-refractivity contribution in [3.05, 3.63) is 179 Å². The first kappa shape index (κ1) is 40.8. The molecule has 0 spiro atoms. The number of nitrogens with zero attached hydrogens (tertiary/aromatic N) is 2. The predicted octanol–water partition coefficient (Wildman–Crippen LogP) is 10.3. The lowest BCUT2D eigenvalue weighted by molar-refractivity contribution is -0.136. The third-order valence-electron chi connectivity index (χ3n) is 10.7. The Labute approximate surface area is 338 Å². The second-order valence-corrected chi connectivity index (χ2v) is 17.5. The average molecular weight is 768 g/mol. The number of carbonyl (C=O) groups is 2. The van der Waals surface area contributed by atoms with Gasteiger partial charge in [-0.2, -0.15) is 0 Å². The van der Waals surface area contributed by atoms with E-state index >= 15 is 0 Å². The number of likely N-dealkylation sites (tertiary alicyclic amines) is 1. The summed E-state index contributed by atoms with van der Waals surface area (Å²) in [7, 11) is 0. The fourth-order valence-corrected chi connectivity index (χ4v) is 9.59. The maximum Gasteiger partial charge on any atom is 0.410 e. The quantitative estimate of drug-likeness (QED) is 0.108. The van der Waals surface area contributed by atoms with Crippen molar-refractivity contribution >= 4 is 23.8 Å². The molecule has 292 valence electrons. The summed E-state index contributed by atoms with van der Waals surface area (Å²) in [6.45, 7) is 12.0. The van der Waals surface area contributed by atoms with Gasteiger partial charge in [0.25, 0.3) is 0 Å². The molecule has 56 heavy (non-hydrogen) atoms. The number of benzene rings is 5. The molecule has 0 bridgehead atoms. The number of amides is 2. The van der Waals surface area contributed by atoms with E-state index in [2.05, 4.69) is 134 Å². The summed E-state index contributed by atoms with van der Waals surface area (Å²) < 4.78 is 5.53. The van der Waals surface area contributed by atoms with E-state index in [1.54, 1.807) is 0 Å². The third-order valence-corrected chi connectivity index (χ3v) is 12.4. The van der Waals surface area contributed by atoms with Crippen LogP contribution in [0.4, 0.5) is 4.79 Å². The number of carbonyl (C=O) groups excluding carboxylic acids is 2. The van der Waals surface area contributed by atoms with Crippen molar-refractivity contribution < 1.29 is 14.3 Å². The maximum atomic E-state index is 14.7. The lowest BCUT2D eigenvalue weighted by Gasteiger charge is -2.37. The molecule has 0 radical (unpaired) electrons. The first-order valence-corrected chi connectivity index (χ1v) is 20.9. The molecule has 1 aliphatic heterocycles. The monoisotopic (exact) mass is 767 g/mol. The van der Waals surface area contributed by atoms with Crippen LogP contribution in [-0.4, -0.2) is 57.8 Å². The van der Waals surface area contributed by atoms with Gasteiger partial charge in [-0.05, 0) is 60.9 Å². The Hall–Kier alpha value is -4.85. The predicted molar refractivity (Wildman–Crippen MR) is 230 cm³/mol. The Morgan fingerprint density at radius 1 is 0.732 bits per heavy atom. The Morgan fingerprint density at radius 2 is 1.16 bits per heavy atom. The van der Waals surface area contributed by atoms with Crippen LogP contribution in [0.3, 0.4) is 0 Å².